The Kier molecular flexibility index (Phi) is 5.88. The summed E-state index contributed by atoms with van der Waals surface area (Å²) < 4.78 is 5.56. The first kappa shape index (κ1) is 19.2. The second kappa shape index (κ2) is 8.90. The Morgan fingerprint density at radius 1 is 0.897 bits per heavy atom. The maximum atomic E-state index is 5.56. The van der Waals surface area contributed by atoms with Gasteiger partial charge in [-0.05, 0) is 24.2 Å². The molecule has 0 saturated carbocycles. The standard InChI is InChI=1S/C22H29N5OS/c1-2-5-18(6-3-1)17-25-8-10-27(11-9-25)22-23-19-7-4-16-29-20(19)21(24-22)26-12-14-28-15-13-26/h1-3,5-6H,4,7-17H2. The predicted molar refractivity (Wildman–Crippen MR) is 118 cm³/mol. The van der Waals surface area contributed by atoms with Crippen molar-refractivity contribution < 1.29 is 4.74 Å². The average Bonchev–Trinajstić information content (AvgIpc) is 2.80. The molecule has 2 fully saturated rings. The van der Waals surface area contributed by atoms with Crippen molar-refractivity contribution in [1.29, 1.82) is 0 Å². The molecule has 6 nitrogen and oxygen atoms in total. The van der Waals surface area contributed by atoms with Crippen LogP contribution in [0.15, 0.2) is 35.2 Å². The number of thioether (sulfide) groups is 1. The predicted octanol–water partition coefficient (Wildman–Crippen LogP) is 2.67. The van der Waals surface area contributed by atoms with E-state index in [9.17, 15) is 0 Å². The van der Waals surface area contributed by atoms with Gasteiger partial charge in [-0.25, -0.2) is 4.98 Å². The summed E-state index contributed by atoms with van der Waals surface area (Å²) in [6, 6.07) is 10.8. The van der Waals surface area contributed by atoms with Gasteiger partial charge in [0.2, 0.25) is 5.95 Å². The highest BCUT2D eigenvalue weighted by Gasteiger charge is 2.26. The molecule has 2 aromatic rings. The summed E-state index contributed by atoms with van der Waals surface area (Å²) >= 11 is 1.93. The summed E-state index contributed by atoms with van der Waals surface area (Å²) in [7, 11) is 0. The van der Waals surface area contributed by atoms with Crippen molar-refractivity contribution in [3.8, 4) is 0 Å². The monoisotopic (exact) mass is 411 g/mol. The highest BCUT2D eigenvalue weighted by molar-refractivity contribution is 7.99. The van der Waals surface area contributed by atoms with Crippen LogP contribution >= 0.6 is 11.8 Å². The minimum absolute atomic E-state index is 0.789. The number of nitrogens with zero attached hydrogens (tertiary/aromatic N) is 5. The summed E-state index contributed by atoms with van der Waals surface area (Å²) in [6.07, 6.45) is 2.28. The van der Waals surface area contributed by atoms with Crippen LogP contribution in [0, 0.1) is 0 Å². The number of benzene rings is 1. The van der Waals surface area contributed by atoms with E-state index in [1.165, 1.54) is 28.3 Å². The maximum Gasteiger partial charge on any atom is 0.227 e. The molecule has 7 heteroatoms. The molecule has 2 saturated heterocycles. The van der Waals surface area contributed by atoms with Gasteiger partial charge in [-0.15, -0.1) is 11.8 Å². The quantitative estimate of drug-likeness (QED) is 0.766. The smallest absolute Gasteiger partial charge is 0.227 e. The van der Waals surface area contributed by atoms with Gasteiger partial charge in [-0.1, -0.05) is 30.3 Å². The third-order valence-corrected chi connectivity index (χ3v) is 7.12. The van der Waals surface area contributed by atoms with Crippen LogP contribution in [0.5, 0.6) is 0 Å². The number of morpholine rings is 1. The molecule has 0 radical (unpaired) electrons. The Morgan fingerprint density at radius 2 is 1.69 bits per heavy atom. The number of rotatable bonds is 4. The van der Waals surface area contributed by atoms with E-state index in [0.717, 1.165) is 77.2 Å². The van der Waals surface area contributed by atoms with Crippen LogP contribution < -0.4 is 9.80 Å². The summed E-state index contributed by atoms with van der Waals surface area (Å²) in [4.78, 5) is 18.7. The molecule has 1 aromatic carbocycles. The second-order valence-corrected chi connectivity index (χ2v) is 9.03. The lowest BCUT2D eigenvalue weighted by molar-refractivity contribution is 0.122. The third kappa shape index (κ3) is 4.37. The minimum atomic E-state index is 0.789. The first-order valence-electron chi connectivity index (χ1n) is 10.7. The first-order valence-corrected chi connectivity index (χ1v) is 11.7. The van der Waals surface area contributed by atoms with Gasteiger partial charge < -0.3 is 14.5 Å². The van der Waals surface area contributed by atoms with Crippen molar-refractivity contribution in [3.63, 3.8) is 0 Å². The van der Waals surface area contributed by atoms with E-state index in [1.54, 1.807) is 0 Å². The van der Waals surface area contributed by atoms with Crippen LogP contribution in [-0.4, -0.2) is 73.1 Å². The van der Waals surface area contributed by atoms with Gasteiger partial charge >= 0.3 is 0 Å². The Morgan fingerprint density at radius 3 is 2.48 bits per heavy atom. The van der Waals surface area contributed by atoms with Crippen molar-refractivity contribution in [3.05, 3.63) is 41.6 Å². The Hall–Kier alpha value is -1.83. The van der Waals surface area contributed by atoms with Gasteiger partial charge in [-0.2, -0.15) is 4.98 Å². The maximum absolute atomic E-state index is 5.56. The number of hydrogen-bond donors (Lipinski definition) is 0. The van der Waals surface area contributed by atoms with E-state index in [4.69, 9.17) is 14.7 Å². The normalized spacial score (nSPS) is 20.6. The van der Waals surface area contributed by atoms with Crippen molar-refractivity contribution >= 4 is 23.5 Å². The number of hydrogen-bond acceptors (Lipinski definition) is 7. The number of anilines is 2. The van der Waals surface area contributed by atoms with Crippen molar-refractivity contribution in [2.24, 2.45) is 0 Å². The molecule has 0 atom stereocenters. The van der Waals surface area contributed by atoms with E-state index < -0.39 is 0 Å². The molecule has 0 unspecified atom stereocenters. The molecule has 3 aliphatic heterocycles. The number of fused-ring (bicyclic) bond motifs is 1. The molecule has 0 bridgehead atoms. The lowest BCUT2D eigenvalue weighted by Crippen LogP contribution is -2.47. The summed E-state index contributed by atoms with van der Waals surface area (Å²) in [5.41, 5.74) is 2.64. The Balaban J connectivity index is 1.32. The average molecular weight is 412 g/mol. The molecular weight excluding hydrogens is 382 g/mol. The fraction of sp³-hybridized carbons (Fsp3) is 0.545. The Bertz CT molecular complexity index is 819. The molecule has 0 amide bonds. The molecule has 3 aliphatic rings. The zero-order valence-corrected chi connectivity index (χ0v) is 17.7. The fourth-order valence-corrected chi connectivity index (χ4v) is 5.39. The van der Waals surface area contributed by atoms with Crippen LogP contribution in [0.1, 0.15) is 17.7 Å². The van der Waals surface area contributed by atoms with E-state index in [1.807, 2.05) is 11.8 Å². The van der Waals surface area contributed by atoms with Crippen LogP contribution in [0.3, 0.4) is 0 Å². The van der Waals surface area contributed by atoms with Crippen LogP contribution in [-0.2, 0) is 17.7 Å². The lowest BCUT2D eigenvalue weighted by Gasteiger charge is -2.36. The summed E-state index contributed by atoms with van der Waals surface area (Å²) in [6.45, 7) is 8.53. The highest BCUT2D eigenvalue weighted by Crippen LogP contribution is 2.37. The molecule has 0 spiro atoms. The zero-order chi connectivity index (χ0) is 19.5. The van der Waals surface area contributed by atoms with Crippen LogP contribution in [0.25, 0.3) is 0 Å². The molecular formula is C22H29N5OS. The van der Waals surface area contributed by atoms with Crippen LogP contribution in [0.4, 0.5) is 11.8 Å². The largest absolute Gasteiger partial charge is 0.378 e. The number of piperazine rings is 1. The summed E-state index contributed by atoms with van der Waals surface area (Å²) in [5, 5.41) is 0. The SMILES string of the molecule is c1ccc(CN2CCN(c3nc4c(c(N5CCOCC5)n3)SCCC4)CC2)cc1. The lowest BCUT2D eigenvalue weighted by atomic mass is 10.2. The summed E-state index contributed by atoms with van der Waals surface area (Å²) in [5.74, 6) is 3.24. The van der Waals surface area contributed by atoms with E-state index >= 15 is 0 Å². The number of ether oxygens (including phenoxy) is 1. The molecule has 5 rings (SSSR count). The van der Waals surface area contributed by atoms with Crippen LogP contribution in [0.2, 0.25) is 0 Å². The fourth-order valence-electron chi connectivity index (χ4n) is 4.28. The van der Waals surface area contributed by atoms with Gasteiger partial charge in [0, 0.05) is 45.8 Å². The topological polar surface area (TPSA) is 44.7 Å². The number of aromatic nitrogens is 2. The molecule has 0 N–H and O–H groups in total. The van der Waals surface area contributed by atoms with Gasteiger partial charge in [-0.3, -0.25) is 4.90 Å². The van der Waals surface area contributed by atoms with Gasteiger partial charge in [0.25, 0.3) is 0 Å². The van der Waals surface area contributed by atoms with E-state index in [-0.39, 0.29) is 0 Å². The molecule has 29 heavy (non-hydrogen) atoms. The zero-order valence-electron chi connectivity index (χ0n) is 16.9. The molecule has 4 heterocycles. The van der Waals surface area contributed by atoms with E-state index in [2.05, 4.69) is 45.0 Å². The first-order chi connectivity index (χ1) is 14.4. The Labute approximate surface area is 177 Å². The molecule has 1 aromatic heterocycles. The molecule has 154 valence electrons. The minimum Gasteiger partial charge on any atom is -0.378 e. The highest BCUT2D eigenvalue weighted by atomic mass is 32.2. The van der Waals surface area contributed by atoms with Gasteiger partial charge in [0.1, 0.15) is 5.82 Å². The van der Waals surface area contributed by atoms with Crippen molar-refractivity contribution in [2.75, 3.05) is 68.0 Å². The van der Waals surface area contributed by atoms with Crippen molar-refractivity contribution in [1.82, 2.24) is 14.9 Å². The third-order valence-electron chi connectivity index (χ3n) is 5.93. The van der Waals surface area contributed by atoms with E-state index in [0.29, 0.717) is 0 Å². The number of aryl methyl sites for hydroxylation is 1. The van der Waals surface area contributed by atoms with Gasteiger partial charge in [0.05, 0.1) is 23.8 Å². The second-order valence-electron chi connectivity index (χ2n) is 7.92. The molecule has 0 aliphatic carbocycles. The van der Waals surface area contributed by atoms with Gasteiger partial charge in [0.15, 0.2) is 0 Å². The van der Waals surface area contributed by atoms with Crippen molar-refractivity contribution in [2.45, 2.75) is 24.3 Å².